The first-order valence-electron chi connectivity index (χ1n) is 10.4. The van der Waals surface area contributed by atoms with Crippen molar-refractivity contribution in [1.82, 2.24) is 9.97 Å². The third-order valence-electron chi connectivity index (χ3n) is 5.52. The van der Waals surface area contributed by atoms with Gasteiger partial charge in [0.1, 0.15) is 0 Å². The van der Waals surface area contributed by atoms with Crippen molar-refractivity contribution in [1.29, 1.82) is 0 Å². The van der Waals surface area contributed by atoms with Crippen LogP contribution in [0.4, 0.5) is 13.2 Å². The summed E-state index contributed by atoms with van der Waals surface area (Å²) < 4.78 is 39.0. The third kappa shape index (κ3) is 4.57. The van der Waals surface area contributed by atoms with E-state index in [9.17, 15) is 13.2 Å². The number of hydrogen-bond donors (Lipinski definition) is 0. The van der Waals surface area contributed by atoms with Gasteiger partial charge in [-0.2, -0.15) is 13.2 Å². The molecule has 0 aliphatic rings. The number of allylic oxidation sites excluding steroid dienone is 1. The van der Waals surface area contributed by atoms with E-state index in [1.165, 1.54) is 12.1 Å². The number of fused-ring (bicyclic) bond motifs is 1. The molecular weight excluding hydrogens is 409 g/mol. The zero-order valence-electron chi connectivity index (χ0n) is 17.9. The van der Waals surface area contributed by atoms with Gasteiger partial charge >= 0.3 is 6.18 Å². The van der Waals surface area contributed by atoms with Crippen LogP contribution in [-0.2, 0) is 6.18 Å². The monoisotopic (exact) mass is 432 g/mol. The second kappa shape index (κ2) is 8.58. The molecule has 5 heteroatoms. The molecule has 162 valence electrons. The predicted octanol–water partition coefficient (Wildman–Crippen LogP) is 8.05. The summed E-state index contributed by atoms with van der Waals surface area (Å²) in [6.07, 6.45) is 0.0326. The first kappa shape index (κ1) is 21.8. The lowest BCUT2D eigenvalue weighted by atomic mass is 9.92. The maximum atomic E-state index is 13.0. The number of aromatic nitrogens is 2. The van der Waals surface area contributed by atoms with Crippen molar-refractivity contribution in [3.63, 3.8) is 0 Å². The largest absolute Gasteiger partial charge is 0.416 e. The lowest BCUT2D eigenvalue weighted by Crippen LogP contribution is -2.04. The quantitative estimate of drug-likeness (QED) is 0.298. The van der Waals surface area contributed by atoms with Crippen LogP contribution in [0.25, 0.3) is 33.3 Å². The van der Waals surface area contributed by atoms with Gasteiger partial charge in [-0.25, -0.2) is 4.98 Å². The Kier molecular flexibility index (Phi) is 5.83. The molecule has 2 heterocycles. The van der Waals surface area contributed by atoms with Crippen molar-refractivity contribution in [3.05, 3.63) is 96.3 Å². The molecule has 0 spiro atoms. The Morgan fingerprint density at radius 3 is 2.34 bits per heavy atom. The van der Waals surface area contributed by atoms with Crippen LogP contribution in [-0.4, -0.2) is 9.97 Å². The van der Waals surface area contributed by atoms with Gasteiger partial charge in [-0.15, -0.1) is 6.58 Å². The second-order valence-electron chi connectivity index (χ2n) is 8.22. The van der Waals surface area contributed by atoms with E-state index in [4.69, 9.17) is 4.98 Å². The van der Waals surface area contributed by atoms with E-state index in [1.807, 2.05) is 49.5 Å². The van der Waals surface area contributed by atoms with E-state index < -0.39 is 11.7 Å². The number of benzene rings is 2. The van der Waals surface area contributed by atoms with E-state index in [0.717, 1.165) is 51.7 Å². The Morgan fingerprint density at radius 2 is 1.66 bits per heavy atom. The summed E-state index contributed by atoms with van der Waals surface area (Å²) in [7, 11) is 0. The van der Waals surface area contributed by atoms with Gasteiger partial charge < -0.3 is 0 Å². The molecular formula is C27H23F3N2. The van der Waals surface area contributed by atoms with Crippen molar-refractivity contribution in [2.75, 3.05) is 0 Å². The van der Waals surface area contributed by atoms with Crippen LogP contribution in [0, 0.1) is 0 Å². The number of pyridine rings is 2. The number of nitrogens with zero attached hydrogens (tertiary/aromatic N) is 2. The molecule has 32 heavy (non-hydrogen) atoms. The first-order chi connectivity index (χ1) is 15.2. The molecule has 2 aromatic carbocycles. The first-order valence-corrected chi connectivity index (χ1v) is 10.4. The highest BCUT2D eigenvalue weighted by atomic mass is 19.4. The van der Waals surface area contributed by atoms with Crippen molar-refractivity contribution in [3.8, 4) is 22.5 Å². The van der Waals surface area contributed by atoms with Crippen LogP contribution in [0.2, 0.25) is 0 Å². The average Bonchev–Trinajstić information content (AvgIpc) is 2.77. The maximum absolute atomic E-state index is 13.0. The number of alkyl halides is 3. The second-order valence-corrected chi connectivity index (χ2v) is 8.22. The predicted molar refractivity (Wildman–Crippen MR) is 123 cm³/mol. The number of halogens is 3. The number of hydrogen-bond acceptors (Lipinski definition) is 2. The van der Waals surface area contributed by atoms with Gasteiger partial charge in [-0.05, 0) is 54.5 Å². The minimum absolute atomic E-state index is 0.186. The normalized spacial score (nSPS) is 12.7. The molecule has 0 saturated carbocycles. The molecule has 2 nitrogen and oxygen atoms in total. The minimum Gasteiger partial charge on any atom is -0.263 e. The van der Waals surface area contributed by atoms with Crippen LogP contribution < -0.4 is 0 Å². The SMILES string of the molecule is C=C(C)CC(C)c1cc(-c2ccc(C(F)(F)F)cc2)nc(-c2cncc3ccccc23)c1. The summed E-state index contributed by atoms with van der Waals surface area (Å²) >= 11 is 0. The topological polar surface area (TPSA) is 25.8 Å². The van der Waals surface area contributed by atoms with Crippen LogP contribution in [0.15, 0.2) is 85.2 Å². The highest BCUT2D eigenvalue weighted by molar-refractivity contribution is 5.95. The van der Waals surface area contributed by atoms with E-state index in [-0.39, 0.29) is 5.92 Å². The van der Waals surface area contributed by atoms with Crippen LogP contribution >= 0.6 is 0 Å². The van der Waals surface area contributed by atoms with Gasteiger partial charge in [0.2, 0.25) is 0 Å². The highest BCUT2D eigenvalue weighted by Gasteiger charge is 2.30. The van der Waals surface area contributed by atoms with E-state index >= 15 is 0 Å². The zero-order chi connectivity index (χ0) is 22.9. The van der Waals surface area contributed by atoms with Crippen molar-refractivity contribution < 1.29 is 13.2 Å². The fraction of sp³-hybridized carbons (Fsp3) is 0.185. The highest BCUT2D eigenvalue weighted by Crippen LogP contribution is 2.35. The Labute approximate surface area is 185 Å². The zero-order valence-corrected chi connectivity index (χ0v) is 17.9. The molecule has 4 rings (SSSR count). The molecule has 0 bridgehead atoms. The maximum Gasteiger partial charge on any atom is 0.416 e. The smallest absolute Gasteiger partial charge is 0.263 e. The fourth-order valence-electron chi connectivity index (χ4n) is 3.91. The lowest BCUT2D eigenvalue weighted by Gasteiger charge is -2.16. The van der Waals surface area contributed by atoms with Crippen molar-refractivity contribution in [2.24, 2.45) is 0 Å². The molecule has 0 radical (unpaired) electrons. The fourth-order valence-corrected chi connectivity index (χ4v) is 3.91. The van der Waals surface area contributed by atoms with E-state index in [2.05, 4.69) is 18.5 Å². The van der Waals surface area contributed by atoms with Gasteiger partial charge in [-0.1, -0.05) is 48.9 Å². The molecule has 2 aromatic heterocycles. The summed E-state index contributed by atoms with van der Waals surface area (Å²) in [5.74, 6) is 0.186. The van der Waals surface area contributed by atoms with Crippen LogP contribution in [0.3, 0.4) is 0 Å². The molecule has 1 atom stereocenters. The molecule has 0 amide bonds. The summed E-state index contributed by atoms with van der Waals surface area (Å²) in [5.41, 5.74) is 4.35. The number of rotatable bonds is 5. The Balaban J connectivity index is 1.88. The molecule has 4 aromatic rings. The van der Waals surface area contributed by atoms with Gasteiger partial charge in [0.25, 0.3) is 0 Å². The molecule has 0 N–H and O–H groups in total. The average molecular weight is 432 g/mol. The van der Waals surface area contributed by atoms with Crippen molar-refractivity contribution in [2.45, 2.75) is 32.4 Å². The molecule has 0 saturated heterocycles. The van der Waals surface area contributed by atoms with E-state index in [0.29, 0.717) is 11.3 Å². The standard InChI is InChI=1S/C27H23F3N2/c1-17(2)12-18(3)21-13-25(19-8-10-22(11-9-19)27(28,29)30)32-26(14-21)24-16-31-15-20-6-4-5-7-23(20)24/h4-11,13-16,18H,1,12H2,2-3H3. The molecule has 0 aliphatic carbocycles. The van der Waals surface area contributed by atoms with Gasteiger partial charge in [0.15, 0.2) is 0 Å². The van der Waals surface area contributed by atoms with E-state index in [1.54, 1.807) is 6.20 Å². The summed E-state index contributed by atoms with van der Waals surface area (Å²) in [4.78, 5) is 9.21. The third-order valence-corrected chi connectivity index (χ3v) is 5.52. The molecule has 0 aliphatic heterocycles. The Bertz CT molecular complexity index is 1270. The minimum atomic E-state index is -4.37. The Morgan fingerprint density at radius 1 is 0.969 bits per heavy atom. The van der Waals surface area contributed by atoms with Crippen LogP contribution in [0.5, 0.6) is 0 Å². The van der Waals surface area contributed by atoms with Crippen molar-refractivity contribution >= 4 is 10.8 Å². The molecule has 0 fully saturated rings. The summed E-state index contributed by atoms with van der Waals surface area (Å²) in [6.45, 7) is 8.13. The van der Waals surface area contributed by atoms with Gasteiger partial charge in [0, 0.05) is 28.9 Å². The molecule has 1 unspecified atom stereocenters. The van der Waals surface area contributed by atoms with Crippen LogP contribution in [0.1, 0.15) is 37.3 Å². The Hall–Kier alpha value is -3.47. The summed E-state index contributed by atoms with van der Waals surface area (Å²) in [6, 6.07) is 17.1. The van der Waals surface area contributed by atoms with Gasteiger partial charge in [-0.3, -0.25) is 4.98 Å². The van der Waals surface area contributed by atoms with Gasteiger partial charge in [0.05, 0.1) is 17.0 Å². The summed E-state index contributed by atoms with van der Waals surface area (Å²) in [5, 5.41) is 2.03. The lowest BCUT2D eigenvalue weighted by molar-refractivity contribution is -0.137.